The molecule has 1 aromatic rings. The Bertz CT molecular complexity index is 768. The molecule has 0 atom stereocenters. The largest absolute Gasteiger partial charge is 0.497 e. The fourth-order valence-corrected chi connectivity index (χ4v) is 6.72. The fourth-order valence-electron chi connectivity index (χ4n) is 6.72. The van der Waals surface area contributed by atoms with Crippen LogP contribution in [-0.4, -0.2) is 36.9 Å². The average molecular weight is 383 g/mol. The SMILES string of the molecule is COc1ccc2c(c1)CN(C(=O)CNC(=O)C13CC4CC(CC(C4)C1)C3)CC2. The molecule has 0 saturated heterocycles. The number of amides is 2. The summed E-state index contributed by atoms with van der Waals surface area (Å²) in [5, 5.41) is 3.03. The van der Waals surface area contributed by atoms with Gasteiger partial charge < -0.3 is 15.0 Å². The summed E-state index contributed by atoms with van der Waals surface area (Å²) in [7, 11) is 1.66. The quantitative estimate of drug-likeness (QED) is 0.871. The molecule has 5 heteroatoms. The second-order valence-electron chi connectivity index (χ2n) is 9.58. The first-order valence-corrected chi connectivity index (χ1v) is 10.8. The van der Waals surface area contributed by atoms with Crippen LogP contribution >= 0.6 is 0 Å². The molecule has 1 aromatic carbocycles. The van der Waals surface area contributed by atoms with Crippen LogP contribution in [0.5, 0.6) is 5.75 Å². The molecule has 4 fully saturated rings. The summed E-state index contributed by atoms with van der Waals surface area (Å²) < 4.78 is 5.31. The predicted octanol–water partition coefficient (Wildman–Crippen LogP) is 2.91. The molecule has 0 spiro atoms. The second-order valence-corrected chi connectivity index (χ2v) is 9.58. The van der Waals surface area contributed by atoms with Crippen LogP contribution in [0.4, 0.5) is 0 Å². The summed E-state index contributed by atoms with van der Waals surface area (Å²) in [6, 6.07) is 6.08. The smallest absolute Gasteiger partial charge is 0.242 e. The van der Waals surface area contributed by atoms with Gasteiger partial charge in [0.2, 0.25) is 11.8 Å². The molecule has 1 heterocycles. The van der Waals surface area contributed by atoms with Crippen molar-refractivity contribution in [2.45, 2.75) is 51.5 Å². The van der Waals surface area contributed by atoms with E-state index in [4.69, 9.17) is 4.74 Å². The molecule has 28 heavy (non-hydrogen) atoms. The maximum atomic E-state index is 13.1. The van der Waals surface area contributed by atoms with Crippen LogP contribution < -0.4 is 10.1 Å². The number of nitrogens with zero attached hydrogens (tertiary/aromatic N) is 1. The zero-order valence-corrected chi connectivity index (χ0v) is 16.7. The highest BCUT2D eigenvalue weighted by molar-refractivity contribution is 5.88. The lowest BCUT2D eigenvalue weighted by Crippen LogP contribution is -2.55. The molecule has 1 N–H and O–H groups in total. The van der Waals surface area contributed by atoms with E-state index < -0.39 is 0 Å². The molecular weight excluding hydrogens is 352 g/mol. The Morgan fingerprint density at radius 2 is 1.79 bits per heavy atom. The number of carbonyl (C=O) groups excluding carboxylic acids is 2. The molecule has 1 aliphatic heterocycles. The third-order valence-corrected chi connectivity index (χ3v) is 7.70. The monoisotopic (exact) mass is 382 g/mol. The van der Waals surface area contributed by atoms with Crippen molar-refractivity contribution in [1.29, 1.82) is 0 Å². The molecule has 4 bridgehead atoms. The van der Waals surface area contributed by atoms with Gasteiger partial charge in [-0.1, -0.05) is 6.07 Å². The first-order chi connectivity index (χ1) is 13.5. The summed E-state index contributed by atoms with van der Waals surface area (Å²) >= 11 is 0. The molecule has 4 aliphatic carbocycles. The van der Waals surface area contributed by atoms with E-state index in [1.807, 2.05) is 17.0 Å². The lowest BCUT2D eigenvalue weighted by molar-refractivity contribution is -0.148. The number of hydrogen-bond donors (Lipinski definition) is 1. The van der Waals surface area contributed by atoms with E-state index in [1.165, 1.54) is 24.8 Å². The molecule has 6 rings (SSSR count). The van der Waals surface area contributed by atoms with E-state index in [0.717, 1.165) is 54.7 Å². The van der Waals surface area contributed by atoms with E-state index >= 15 is 0 Å². The molecular formula is C23H30N2O3. The Morgan fingerprint density at radius 1 is 1.11 bits per heavy atom. The highest BCUT2D eigenvalue weighted by atomic mass is 16.5. The van der Waals surface area contributed by atoms with Crippen molar-refractivity contribution < 1.29 is 14.3 Å². The maximum absolute atomic E-state index is 13.1. The zero-order chi connectivity index (χ0) is 19.3. The summed E-state index contributed by atoms with van der Waals surface area (Å²) in [5.74, 6) is 3.19. The molecule has 0 aromatic heterocycles. The topological polar surface area (TPSA) is 58.6 Å². The van der Waals surface area contributed by atoms with Gasteiger partial charge in [0.1, 0.15) is 5.75 Å². The van der Waals surface area contributed by atoms with Gasteiger partial charge in [0.05, 0.1) is 13.7 Å². The van der Waals surface area contributed by atoms with Gasteiger partial charge in [-0.3, -0.25) is 9.59 Å². The standard InChI is InChI=1S/C23H30N2O3/c1-28-20-3-2-18-4-5-25(14-19(18)9-20)21(26)13-24-22(27)23-10-15-6-16(11-23)8-17(7-15)12-23/h2-3,9,15-17H,4-8,10-14H2,1H3,(H,24,27). The molecule has 0 unspecified atom stereocenters. The van der Waals surface area contributed by atoms with Crippen LogP contribution in [0.25, 0.3) is 0 Å². The van der Waals surface area contributed by atoms with Gasteiger partial charge in [0.25, 0.3) is 0 Å². The molecule has 5 nitrogen and oxygen atoms in total. The van der Waals surface area contributed by atoms with Crippen molar-refractivity contribution in [2.24, 2.45) is 23.2 Å². The summed E-state index contributed by atoms with van der Waals surface area (Å²) in [6.07, 6.45) is 7.93. The normalized spacial score (nSPS) is 32.8. The van der Waals surface area contributed by atoms with Gasteiger partial charge in [-0.05, 0) is 86.0 Å². The van der Waals surface area contributed by atoms with E-state index in [9.17, 15) is 9.59 Å². The van der Waals surface area contributed by atoms with Crippen molar-refractivity contribution in [3.05, 3.63) is 29.3 Å². The number of rotatable bonds is 4. The second kappa shape index (κ2) is 6.78. The molecule has 4 saturated carbocycles. The van der Waals surface area contributed by atoms with E-state index in [1.54, 1.807) is 7.11 Å². The summed E-state index contributed by atoms with van der Waals surface area (Å²) in [4.78, 5) is 27.7. The van der Waals surface area contributed by atoms with Crippen LogP contribution in [0.3, 0.4) is 0 Å². The summed E-state index contributed by atoms with van der Waals surface area (Å²) in [5.41, 5.74) is 2.24. The van der Waals surface area contributed by atoms with Gasteiger partial charge in [0.15, 0.2) is 0 Å². The lowest BCUT2D eigenvalue weighted by Gasteiger charge is -2.55. The first kappa shape index (κ1) is 18.0. The van der Waals surface area contributed by atoms with Crippen molar-refractivity contribution in [3.8, 4) is 5.75 Å². The van der Waals surface area contributed by atoms with Crippen LogP contribution in [0.2, 0.25) is 0 Å². The molecule has 150 valence electrons. The lowest BCUT2D eigenvalue weighted by atomic mass is 9.49. The highest BCUT2D eigenvalue weighted by Gasteiger charge is 2.54. The van der Waals surface area contributed by atoms with Gasteiger partial charge in [-0.15, -0.1) is 0 Å². The van der Waals surface area contributed by atoms with Gasteiger partial charge >= 0.3 is 0 Å². The molecule has 2 amide bonds. The molecule has 0 radical (unpaired) electrons. The number of carbonyl (C=O) groups is 2. The molecule has 5 aliphatic rings. The van der Waals surface area contributed by atoms with Crippen LogP contribution in [0.15, 0.2) is 18.2 Å². The third-order valence-electron chi connectivity index (χ3n) is 7.70. The Labute approximate surface area is 166 Å². The van der Waals surface area contributed by atoms with Crippen LogP contribution in [0.1, 0.15) is 49.7 Å². The number of nitrogens with one attached hydrogen (secondary N) is 1. The Hall–Kier alpha value is -2.04. The zero-order valence-electron chi connectivity index (χ0n) is 16.7. The Balaban J connectivity index is 1.20. The maximum Gasteiger partial charge on any atom is 0.242 e. The van der Waals surface area contributed by atoms with E-state index in [-0.39, 0.29) is 23.8 Å². The predicted molar refractivity (Wildman–Crippen MR) is 106 cm³/mol. The third kappa shape index (κ3) is 3.09. The number of methoxy groups -OCH3 is 1. The number of fused-ring (bicyclic) bond motifs is 1. The van der Waals surface area contributed by atoms with Crippen LogP contribution in [-0.2, 0) is 22.6 Å². The summed E-state index contributed by atoms with van der Waals surface area (Å²) in [6.45, 7) is 1.43. The minimum atomic E-state index is -0.184. The minimum absolute atomic E-state index is 0.0200. The fraction of sp³-hybridized carbons (Fsp3) is 0.652. The number of hydrogen-bond acceptors (Lipinski definition) is 3. The van der Waals surface area contributed by atoms with Crippen molar-refractivity contribution in [1.82, 2.24) is 10.2 Å². The van der Waals surface area contributed by atoms with Gasteiger partial charge in [0, 0.05) is 18.5 Å². The van der Waals surface area contributed by atoms with E-state index in [2.05, 4.69) is 11.4 Å². The minimum Gasteiger partial charge on any atom is -0.497 e. The van der Waals surface area contributed by atoms with Crippen molar-refractivity contribution in [2.75, 3.05) is 20.2 Å². The first-order valence-electron chi connectivity index (χ1n) is 10.8. The highest BCUT2D eigenvalue weighted by Crippen LogP contribution is 2.60. The van der Waals surface area contributed by atoms with Gasteiger partial charge in [-0.25, -0.2) is 0 Å². The van der Waals surface area contributed by atoms with E-state index in [0.29, 0.717) is 13.1 Å². The Kier molecular flexibility index (Phi) is 4.37. The van der Waals surface area contributed by atoms with Gasteiger partial charge in [-0.2, -0.15) is 0 Å². The number of ether oxygens (including phenoxy) is 1. The Morgan fingerprint density at radius 3 is 2.43 bits per heavy atom. The van der Waals surface area contributed by atoms with Crippen molar-refractivity contribution >= 4 is 11.8 Å². The van der Waals surface area contributed by atoms with Crippen LogP contribution in [0, 0.1) is 23.2 Å². The van der Waals surface area contributed by atoms with Crippen molar-refractivity contribution in [3.63, 3.8) is 0 Å². The number of benzene rings is 1. The average Bonchev–Trinajstić information content (AvgIpc) is 2.69.